The number of hydrogen-bond donors (Lipinski definition) is 2. The van der Waals surface area contributed by atoms with Gasteiger partial charge >= 0.3 is 0 Å². The summed E-state index contributed by atoms with van der Waals surface area (Å²) in [5.41, 5.74) is 0.875. The predicted molar refractivity (Wildman–Crippen MR) is 65.2 cm³/mol. The fourth-order valence-corrected chi connectivity index (χ4v) is 1.45. The van der Waals surface area contributed by atoms with Crippen LogP contribution < -0.4 is 5.32 Å². The average Bonchev–Trinajstić information content (AvgIpc) is 2.97. The molecule has 18 heavy (non-hydrogen) atoms. The molecule has 0 saturated carbocycles. The number of nitrogens with one attached hydrogen (secondary N) is 2. The van der Waals surface area contributed by atoms with Crippen molar-refractivity contribution < 1.29 is 4.79 Å². The van der Waals surface area contributed by atoms with Gasteiger partial charge < -0.3 is 5.32 Å². The zero-order valence-corrected chi connectivity index (χ0v) is 10.2. The molecular formula is C11H14N6O. The number of amides is 1. The van der Waals surface area contributed by atoms with Gasteiger partial charge in [0.25, 0.3) is 0 Å². The summed E-state index contributed by atoms with van der Waals surface area (Å²) in [5.74, 6) is 0.431. The van der Waals surface area contributed by atoms with Crippen molar-refractivity contribution in [2.75, 3.05) is 0 Å². The number of aromatic nitrogens is 5. The molecule has 2 aromatic rings. The minimum Gasteiger partial charge on any atom is -0.343 e. The van der Waals surface area contributed by atoms with Crippen LogP contribution in [0.4, 0.5) is 0 Å². The van der Waals surface area contributed by atoms with Gasteiger partial charge in [0.1, 0.15) is 12.2 Å². The Kier molecular flexibility index (Phi) is 3.52. The smallest absolute Gasteiger partial charge is 0.244 e. The summed E-state index contributed by atoms with van der Waals surface area (Å²) in [5, 5.41) is 13.2. The van der Waals surface area contributed by atoms with E-state index in [-0.39, 0.29) is 11.9 Å². The van der Waals surface area contributed by atoms with Gasteiger partial charge in [-0.25, -0.2) is 4.98 Å². The summed E-state index contributed by atoms with van der Waals surface area (Å²) in [7, 11) is 1.82. The van der Waals surface area contributed by atoms with Gasteiger partial charge in [-0.1, -0.05) is 0 Å². The van der Waals surface area contributed by atoms with E-state index in [1.165, 1.54) is 12.4 Å². The van der Waals surface area contributed by atoms with Crippen LogP contribution in [0.2, 0.25) is 0 Å². The number of aromatic amines is 1. The lowest BCUT2D eigenvalue weighted by atomic mass is 10.3. The Labute approximate surface area is 104 Å². The van der Waals surface area contributed by atoms with Crippen LogP contribution in [0.5, 0.6) is 0 Å². The minimum atomic E-state index is -0.210. The SMILES string of the molecule is CC(NC(=O)/C=C/c1cnn(C)c1)c1ncn[nH]1. The quantitative estimate of drug-likeness (QED) is 0.766. The molecule has 0 spiro atoms. The molecule has 0 aliphatic heterocycles. The lowest BCUT2D eigenvalue weighted by Gasteiger charge is -2.08. The molecule has 0 radical (unpaired) electrons. The first-order valence-electron chi connectivity index (χ1n) is 5.47. The Morgan fingerprint density at radius 1 is 1.61 bits per heavy atom. The molecule has 7 nitrogen and oxygen atoms in total. The predicted octanol–water partition coefficient (Wildman–Crippen LogP) is 0.429. The first-order valence-corrected chi connectivity index (χ1v) is 5.47. The number of rotatable bonds is 4. The zero-order valence-electron chi connectivity index (χ0n) is 10.2. The second-order valence-corrected chi connectivity index (χ2v) is 3.88. The maximum Gasteiger partial charge on any atom is 0.244 e. The molecule has 2 heterocycles. The Balaban J connectivity index is 1.91. The van der Waals surface area contributed by atoms with Crippen LogP contribution in [-0.2, 0) is 11.8 Å². The number of aryl methyl sites for hydroxylation is 1. The van der Waals surface area contributed by atoms with Crippen molar-refractivity contribution in [1.82, 2.24) is 30.3 Å². The molecule has 2 rings (SSSR count). The first-order chi connectivity index (χ1) is 8.65. The summed E-state index contributed by atoms with van der Waals surface area (Å²) >= 11 is 0. The molecule has 0 aliphatic carbocycles. The third-order valence-corrected chi connectivity index (χ3v) is 2.35. The molecule has 94 valence electrons. The third-order valence-electron chi connectivity index (χ3n) is 2.35. The van der Waals surface area contributed by atoms with E-state index in [2.05, 4.69) is 25.6 Å². The van der Waals surface area contributed by atoms with Crippen molar-refractivity contribution in [3.05, 3.63) is 36.2 Å². The third kappa shape index (κ3) is 3.03. The zero-order chi connectivity index (χ0) is 13.0. The van der Waals surface area contributed by atoms with Gasteiger partial charge in [0.15, 0.2) is 0 Å². The number of nitrogens with zero attached hydrogens (tertiary/aromatic N) is 4. The second kappa shape index (κ2) is 5.26. The fraction of sp³-hybridized carbons (Fsp3) is 0.273. The van der Waals surface area contributed by atoms with Gasteiger partial charge in [0, 0.05) is 24.9 Å². The van der Waals surface area contributed by atoms with Gasteiger partial charge in [-0.2, -0.15) is 10.2 Å². The van der Waals surface area contributed by atoms with Crippen LogP contribution in [-0.4, -0.2) is 30.9 Å². The van der Waals surface area contributed by atoms with Crippen molar-refractivity contribution in [2.24, 2.45) is 7.05 Å². The highest BCUT2D eigenvalue weighted by Gasteiger charge is 2.09. The van der Waals surface area contributed by atoms with Crippen molar-refractivity contribution in [3.8, 4) is 0 Å². The van der Waals surface area contributed by atoms with Gasteiger partial charge in [-0.05, 0) is 13.0 Å². The highest BCUT2D eigenvalue weighted by Crippen LogP contribution is 2.04. The van der Waals surface area contributed by atoms with Crippen molar-refractivity contribution in [2.45, 2.75) is 13.0 Å². The van der Waals surface area contributed by atoms with Crippen LogP contribution in [0.15, 0.2) is 24.8 Å². The summed E-state index contributed by atoms with van der Waals surface area (Å²) < 4.78 is 1.68. The van der Waals surface area contributed by atoms with E-state index in [1.807, 2.05) is 20.2 Å². The minimum absolute atomic E-state index is 0.192. The molecule has 1 amide bonds. The number of H-pyrrole nitrogens is 1. The molecule has 1 unspecified atom stereocenters. The summed E-state index contributed by atoms with van der Waals surface area (Å²) in [6, 6.07) is -0.210. The highest BCUT2D eigenvalue weighted by atomic mass is 16.1. The average molecular weight is 246 g/mol. The van der Waals surface area contributed by atoms with Crippen molar-refractivity contribution in [3.63, 3.8) is 0 Å². The fourth-order valence-electron chi connectivity index (χ4n) is 1.45. The Morgan fingerprint density at radius 2 is 2.44 bits per heavy atom. The van der Waals surface area contributed by atoms with Gasteiger partial charge in [0.05, 0.1) is 12.2 Å². The van der Waals surface area contributed by atoms with Crippen molar-refractivity contribution >= 4 is 12.0 Å². The topological polar surface area (TPSA) is 88.5 Å². The summed E-state index contributed by atoms with van der Waals surface area (Å²) in [6.07, 6.45) is 8.08. The van der Waals surface area contributed by atoms with Crippen molar-refractivity contribution in [1.29, 1.82) is 0 Å². The number of carbonyl (C=O) groups excluding carboxylic acids is 1. The molecule has 7 heteroatoms. The van der Waals surface area contributed by atoms with E-state index in [4.69, 9.17) is 0 Å². The maximum atomic E-state index is 11.6. The van der Waals surface area contributed by atoms with Crippen LogP contribution >= 0.6 is 0 Å². The molecule has 0 fully saturated rings. The summed E-state index contributed by atoms with van der Waals surface area (Å²) in [4.78, 5) is 15.6. The van der Waals surface area contributed by atoms with Crippen LogP contribution in [0.25, 0.3) is 6.08 Å². The van der Waals surface area contributed by atoms with E-state index in [0.717, 1.165) is 5.56 Å². The lowest BCUT2D eigenvalue weighted by molar-refractivity contribution is -0.117. The van der Waals surface area contributed by atoms with E-state index >= 15 is 0 Å². The standard InChI is InChI=1S/C11H14N6O/c1-8(11-12-7-13-16-11)15-10(18)4-3-9-5-14-17(2)6-9/h3-8H,1-2H3,(H,15,18)(H,12,13,16)/b4-3+. The molecule has 0 aromatic carbocycles. The molecule has 2 N–H and O–H groups in total. The normalized spacial score (nSPS) is 12.8. The van der Waals surface area contributed by atoms with E-state index in [0.29, 0.717) is 5.82 Å². The van der Waals surface area contributed by atoms with E-state index in [1.54, 1.807) is 17.0 Å². The first kappa shape index (κ1) is 12.0. The van der Waals surface area contributed by atoms with Gasteiger partial charge in [-0.3, -0.25) is 14.6 Å². The molecule has 0 bridgehead atoms. The van der Waals surface area contributed by atoms with E-state index < -0.39 is 0 Å². The largest absolute Gasteiger partial charge is 0.343 e. The molecule has 0 saturated heterocycles. The van der Waals surface area contributed by atoms with Crippen LogP contribution in [0.1, 0.15) is 24.4 Å². The van der Waals surface area contributed by atoms with Gasteiger partial charge in [-0.15, -0.1) is 0 Å². The molecule has 0 aliphatic rings. The highest BCUT2D eigenvalue weighted by molar-refractivity contribution is 5.91. The van der Waals surface area contributed by atoms with Crippen LogP contribution in [0, 0.1) is 0 Å². The Morgan fingerprint density at radius 3 is 3.06 bits per heavy atom. The Hall–Kier alpha value is -2.44. The monoisotopic (exact) mass is 246 g/mol. The summed E-state index contributed by atoms with van der Waals surface area (Å²) in [6.45, 7) is 1.83. The van der Waals surface area contributed by atoms with Crippen LogP contribution in [0.3, 0.4) is 0 Å². The number of hydrogen-bond acceptors (Lipinski definition) is 4. The van der Waals surface area contributed by atoms with E-state index in [9.17, 15) is 4.79 Å². The maximum absolute atomic E-state index is 11.6. The number of carbonyl (C=O) groups is 1. The molecule has 1 atom stereocenters. The Bertz CT molecular complexity index is 542. The van der Waals surface area contributed by atoms with Gasteiger partial charge in [0.2, 0.25) is 5.91 Å². The molecular weight excluding hydrogens is 232 g/mol. The lowest BCUT2D eigenvalue weighted by Crippen LogP contribution is -2.25. The second-order valence-electron chi connectivity index (χ2n) is 3.88. The molecule has 2 aromatic heterocycles.